The first-order valence-electron chi connectivity index (χ1n) is 10.4. The SMILES string of the molecule is COc1ccc([C@H]2C[C@@H](C(F)(F)F)n3nc(C(=O)Nc4cccc(C)c4Cl)c(Cl)c3N2)cc1OC. The van der Waals surface area contributed by atoms with Crippen LogP contribution in [0.1, 0.15) is 40.1 Å². The number of nitrogens with zero attached hydrogens (tertiary/aromatic N) is 2. The second-order valence-electron chi connectivity index (χ2n) is 7.95. The lowest BCUT2D eigenvalue weighted by atomic mass is 9.96. The maximum Gasteiger partial charge on any atom is 0.410 e. The van der Waals surface area contributed by atoms with Crippen LogP contribution in [0.15, 0.2) is 36.4 Å². The highest BCUT2D eigenvalue weighted by Gasteiger charge is 2.48. The van der Waals surface area contributed by atoms with Gasteiger partial charge in [-0.3, -0.25) is 4.79 Å². The van der Waals surface area contributed by atoms with Crippen LogP contribution in [0.3, 0.4) is 0 Å². The standard InChI is InChI=1S/C23H21Cl2F3N4O3/c1-11-5-4-6-13(18(11)24)30-22(33)20-19(25)21-29-14(10-17(23(26,27)28)32(21)31-20)12-7-8-15(34-2)16(9-12)35-3/h4-9,14,17,29H,10H2,1-3H3,(H,30,33)/t14-,17+/m1/s1. The molecule has 3 aromatic rings. The van der Waals surface area contributed by atoms with Gasteiger partial charge in [0.25, 0.3) is 5.91 Å². The number of carbonyl (C=O) groups excluding carboxylic acids is 1. The second-order valence-corrected chi connectivity index (χ2v) is 8.71. The Hall–Kier alpha value is -3.11. The summed E-state index contributed by atoms with van der Waals surface area (Å²) in [6.45, 7) is 1.76. The third kappa shape index (κ3) is 4.72. The molecule has 2 N–H and O–H groups in total. The Morgan fingerprint density at radius 1 is 1.14 bits per heavy atom. The van der Waals surface area contributed by atoms with Crippen LogP contribution in [0.2, 0.25) is 10.0 Å². The van der Waals surface area contributed by atoms with Crippen molar-refractivity contribution >= 4 is 40.6 Å². The van der Waals surface area contributed by atoms with Crippen molar-refractivity contribution in [2.45, 2.75) is 31.6 Å². The topological polar surface area (TPSA) is 77.4 Å². The Labute approximate surface area is 209 Å². The number of methoxy groups -OCH3 is 2. The van der Waals surface area contributed by atoms with E-state index in [1.807, 2.05) is 0 Å². The smallest absolute Gasteiger partial charge is 0.410 e. The van der Waals surface area contributed by atoms with Crippen molar-refractivity contribution in [3.63, 3.8) is 0 Å². The molecule has 0 fully saturated rings. The fourth-order valence-electron chi connectivity index (χ4n) is 3.95. The molecule has 186 valence electrons. The normalized spacial score (nSPS) is 17.4. The second kappa shape index (κ2) is 9.50. The Morgan fingerprint density at radius 2 is 1.86 bits per heavy atom. The van der Waals surface area contributed by atoms with Gasteiger partial charge in [0, 0.05) is 6.42 Å². The van der Waals surface area contributed by atoms with Crippen molar-refractivity contribution < 1.29 is 27.4 Å². The summed E-state index contributed by atoms with van der Waals surface area (Å²) in [6.07, 6.45) is -5.02. The van der Waals surface area contributed by atoms with Crippen molar-refractivity contribution in [1.29, 1.82) is 0 Å². The first kappa shape index (κ1) is 25.0. The molecule has 1 aliphatic heterocycles. The highest BCUT2D eigenvalue weighted by molar-refractivity contribution is 6.37. The lowest BCUT2D eigenvalue weighted by Gasteiger charge is -2.33. The zero-order chi connectivity index (χ0) is 25.5. The fourth-order valence-corrected chi connectivity index (χ4v) is 4.39. The number of amides is 1. The molecular formula is C23H21Cl2F3N4O3. The Morgan fingerprint density at radius 3 is 2.51 bits per heavy atom. The number of hydrogen-bond donors (Lipinski definition) is 2. The summed E-state index contributed by atoms with van der Waals surface area (Å²) in [6, 6.07) is 7.05. The van der Waals surface area contributed by atoms with E-state index in [1.165, 1.54) is 14.2 Å². The fraction of sp³-hybridized carbons (Fsp3) is 0.304. The Balaban J connectivity index is 1.72. The number of aryl methyl sites for hydroxylation is 1. The van der Waals surface area contributed by atoms with E-state index in [9.17, 15) is 18.0 Å². The molecule has 7 nitrogen and oxygen atoms in total. The first-order valence-corrected chi connectivity index (χ1v) is 11.2. The summed E-state index contributed by atoms with van der Waals surface area (Å²) in [5.74, 6) is -0.0813. The number of anilines is 2. The van der Waals surface area contributed by atoms with E-state index in [-0.39, 0.29) is 23.0 Å². The molecule has 0 saturated carbocycles. The van der Waals surface area contributed by atoms with E-state index >= 15 is 0 Å². The van der Waals surface area contributed by atoms with Gasteiger partial charge in [-0.05, 0) is 36.2 Å². The Bertz CT molecular complexity index is 1280. The molecule has 2 atom stereocenters. The molecule has 0 saturated heterocycles. The largest absolute Gasteiger partial charge is 0.493 e. The van der Waals surface area contributed by atoms with Crippen LogP contribution in [0, 0.1) is 6.92 Å². The minimum absolute atomic E-state index is 0.111. The Kier molecular flexibility index (Phi) is 6.79. The van der Waals surface area contributed by atoms with Crippen molar-refractivity contribution in [3.8, 4) is 11.5 Å². The molecule has 0 radical (unpaired) electrons. The van der Waals surface area contributed by atoms with Gasteiger partial charge < -0.3 is 20.1 Å². The number of hydrogen-bond acceptors (Lipinski definition) is 5. The van der Waals surface area contributed by atoms with E-state index in [1.54, 1.807) is 43.3 Å². The van der Waals surface area contributed by atoms with E-state index < -0.39 is 24.2 Å². The van der Waals surface area contributed by atoms with Gasteiger partial charge in [0.1, 0.15) is 10.8 Å². The maximum absolute atomic E-state index is 14.1. The zero-order valence-electron chi connectivity index (χ0n) is 18.8. The molecule has 0 bridgehead atoms. The third-order valence-corrected chi connectivity index (χ3v) is 6.62. The predicted molar refractivity (Wildman–Crippen MR) is 127 cm³/mol. The molecule has 1 aliphatic rings. The van der Waals surface area contributed by atoms with Crippen LogP contribution >= 0.6 is 23.2 Å². The molecule has 0 unspecified atom stereocenters. The summed E-state index contributed by atoms with van der Waals surface area (Å²) in [5, 5.41) is 9.58. The van der Waals surface area contributed by atoms with Crippen molar-refractivity contribution in [2.24, 2.45) is 0 Å². The number of alkyl halides is 3. The van der Waals surface area contributed by atoms with Crippen molar-refractivity contribution in [1.82, 2.24) is 9.78 Å². The quantitative estimate of drug-likeness (QED) is 0.399. The molecule has 2 aromatic carbocycles. The number of aromatic nitrogens is 2. The summed E-state index contributed by atoms with van der Waals surface area (Å²) in [7, 11) is 2.90. The van der Waals surface area contributed by atoms with Gasteiger partial charge >= 0.3 is 6.18 Å². The number of halogens is 5. The molecule has 12 heteroatoms. The van der Waals surface area contributed by atoms with E-state index in [4.69, 9.17) is 32.7 Å². The number of fused-ring (bicyclic) bond motifs is 1. The van der Waals surface area contributed by atoms with Crippen molar-refractivity contribution in [3.05, 3.63) is 63.3 Å². The third-order valence-electron chi connectivity index (χ3n) is 5.76. The number of carbonyl (C=O) groups is 1. The highest BCUT2D eigenvalue weighted by atomic mass is 35.5. The zero-order valence-corrected chi connectivity index (χ0v) is 20.3. The molecular weight excluding hydrogens is 508 g/mol. The lowest BCUT2D eigenvalue weighted by Crippen LogP contribution is -2.35. The molecule has 35 heavy (non-hydrogen) atoms. The van der Waals surface area contributed by atoms with Crippen LogP contribution in [0.5, 0.6) is 11.5 Å². The number of nitrogens with one attached hydrogen (secondary N) is 2. The molecule has 0 aliphatic carbocycles. The van der Waals surface area contributed by atoms with Crippen molar-refractivity contribution in [2.75, 3.05) is 24.9 Å². The van der Waals surface area contributed by atoms with Gasteiger partial charge in [-0.15, -0.1) is 0 Å². The average Bonchev–Trinajstić information content (AvgIpc) is 3.16. The minimum atomic E-state index is -4.64. The van der Waals surface area contributed by atoms with Gasteiger partial charge in [-0.2, -0.15) is 18.3 Å². The first-order chi connectivity index (χ1) is 16.5. The van der Waals surface area contributed by atoms with Gasteiger partial charge in [-0.25, -0.2) is 4.68 Å². The molecule has 0 spiro atoms. The maximum atomic E-state index is 14.1. The summed E-state index contributed by atoms with van der Waals surface area (Å²) in [5.41, 5.74) is 1.19. The van der Waals surface area contributed by atoms with Gasteiger partial charge in [0.2, 0.25) is 0 Å². The number of ether oxygens (including phenoxy) is 2. The number of benzene rings is 2. The summed E-state index contributed by atoms with van der Waals surface area (Å²) >= 11 is 12.6. The molecule has 2 heterocycles. The summed E-state index contributed by atoms with van der Waals surface area (Å²) in [4.78, 5) is 12.9. The highest BCUT2D eigenvalue weighted by Crippen LogP contribution is 2.47. The number of rotatable bonds is 5. The predicted octanol–water partition coefficient (Wildman–Crippen LogP) is 6.43. The minimum Gasteiger partial charge on any atom is -0.493 e. The van der Waals surface area contributed by atoms with E-state index in [2.05, 4.69) is 15.7 Å². The van der Waals surface area contributed by atoms with E-state index in [0.29, 0.717) is 32.5 Å². The average molecular weight is 529 g/mol. The van der Waals surface area contributed by atoms with Crippen LogP contribution in [0.25, 0.3) is 0 Å². The van der Waals surface area contributed by atoms with Crippen LogP contribution in [0.4, 0.5) is 24.7 Å². The van der Waals surface area contributed by atoms with Crippen LogP contribution < -0.4 is 20.1 Å². The molecule has 1 aromatic heterocycles. The molecule has 1 amide bonds. The monoisotopic (exact) mass is 528 g/mol. The van der Waals surface area contributed by atoms with Gasteiger partial charge in [0.15, 0.2) is 23.2 Å². The van der Waals surface area contributed by atoms with E-state index in [0.717, 1.165) is 5.56 Å². The lowest BCUT2D eigenvalue weighted by molar-refractivity contribution is -0.173. The van der Waals surface area contributed by atoms with Crippen LogP contribution in [-0.2, 0) is 0 Å². The summed E-state index contributed by atoms with van der Waals surface area (Å²) < 4.78 is 53.4. The van der Waals surface area contributed by atoms with Gasteiger partial charge in [-0.1, -0.05) is 41.4 Å². The molecule has 4 rings (SSSR count). The van der Waals surface area contributed by atoms with Crippen LogP contribution in [-0.4, -0.2) is 36.1 Å². The van der Waals surface area contributed by atoms with Gasteiger partial charge in [0.05, 0.1) is 31.0 Å².